The molecule has 0 amide bonds. The molecule has 0 aliphatic carbocycles. The SMILES string of the molecule is CCNC(C)c1nnnn1-c1cc(Cl)ccc1F. The maximum absolute atomic E-state index is 13.8. The number of hydrogen-bond donors (Lipinski definition) is 1. The molecule has 0 spiro atoms. The van der Waals surface area contributed by atoms with E-state index in [-0.39, 0.29) is 11.7 Å². The van der Waals surface area contributed by atoms with Crippen LogP contribution in [-0.4, -0.2) is 26.8 Å². The summed E-state index contributed by atoms with van der Waals surface area (Å²) in [4.78, 5) is 0. The maximum Gasteiger partial charge on any atom is 0.173 e. The van der Waals surface area contributed by atoms with Gasteiger partial charge in [-0.15, -0.1) is 5.10 Å². The molecule has 1 atom stereocenters. The van der Waals surface area contributed by atoms with Crippen molar-refractivity contribution in [1.29, 1.82) is 0 Å². The molecule has 96 valence electrons. The molecule has 18 heavy (non-hydrogen) atoms. The average Bonchev–Trinajstić information content (AvgIpc) is 2.81. The summed E-state index contributed by atoms with van der Waals surface area (Å²) < 4.78 is 15.1. The van der Waals surface area contributed by atoms with Crippen molar-refractivity contribution < 1.29 is 4.39 Å². The predicted molar refractivity (Wildman–Crippen MR) is 66.2 cm³/mol. The minimum absolute atomic E-state index is 0.0802. The van der Waals surface area contributed by atoms with E-state index in [1.807, 2.05) is 13.8 Å². The van der Waals surface area contributed by atoms with Gasteiger partial charge in [0.1, 0.15) is 11.5 Å². The highest BCUT2D eigenvalue weighted by Crippen LogP contribution is 2.20. The van der Waals surface area contributed by atoms with Gasteiger partial charge < -0.3 is 5.32 Å². The van der Waals surface area contributed by atoms with Crippen molar-refractivity contribution in [3.8, 4) is 5.69 Å². The van der Waals surface area contributed by atoms with Gasteiger partial charge >= 0.3 is 0 Å². The largest absolute Gasteiger partial charge is 0.308 e. The van der Waals surface area contributed by atoms with E-state index >= 15 is 0 Å². The number of nitrogens with zero attached hydrogens (tertiary/aromatic N) is 4. The highest BCUT2D eigenvalue weighted by atomic mass is 35.5. The zero-order valence-corrected chi connectivity index (χ0v) is 10.8. The van der Waals surface area contributed by atoms with Crippen LogP contribution >= 0.6 is 11.6 Å². The molecule has 5 nitrogen and oxygen atoms in total. The Bertz CT molecular complexity index is 542. The van der Waals surface area contributed by atoms with E-state index in [0.717, 1.165) is 6.54 Å². The lowest BCUT2D eigenvalue weighted by atomic mass is 10.2. The van der Waals surface area contributed by atoms with Gasteiger partial charge in [0, 0.05) is 5.02 Å². The monoisotopic (exact) mass is 269 g/mol. The Balaban J connectivity index is 2.45. The van der Waals surface area contributed by atoms with Gasteiger partial charge in [-0.1, -0.05) is 18.5 Å². The van der Waals surface area contributed by atoms with Gasteiger partial charge in [-0.25, -0.2) is 4.39 Å². The topological polar surface area (TPSA) is 55.6 Å². The van der Waals surface area contributed by atoms with E-state index in [1.54, 1.807) is 0 Å². The molecule has 0 saturated heterocycles. The number of nitrogens with one attached hydrogen (secondary N) is 1. The van der Waals surface area contributed by atoms with Gasteiger partial charge in [0.2, 0.25) is 0 Å². The fourth-order valence-electron chi connectivity index (χ4n) is 1.68. The third kappa shape index (κ3) is 2.49. The number of tetrazole rings is 1. The third-order valence-corrected chi connectivity index (χ3v) is 2.76. The first-order valence-corrected chi connectivity index (χ1v) is 5.98. The summed E-state index contributed by atoms with van der Waals surface area (Å²) in [6.07, 6.45) is 0. The van der Waals surface area contributed by atoms with Crippen LogP contribution in [0.2, 0.25) is 5.02 Å². The first kappa shape index (κ1) is 12.9. The summed E-state index contributed by atoms with van der Waals surface area (Å²) in [5, 5.41) is 14.9. The standard InChI is InChI=1S/C11H13ClFN5/c1-3-14-7(2)11-15-16-17-18(11)10-6-8(12)4-5-9(10)13/h4-7,14H,3H2,1-2H3. The van der Waals surface area contributed by atoms with Crippen LogP contribution in [0.5, 0.6) is 0 Å². The van der Waals surface area contributed by atoms with Crippen LogP contribution in [0.1, 0.15) is 25.7 Å². The maximum atomic E-state index is 13.8. The molecule has 1 N–H and O–H groups in total. The quantitative estimate of drug-likeness (QED) is 0.924. The number of rotatable bonds is 4. The van der Waals surface area contributed by atoms with Gasteiger partial charge in [0.25, 0.3) is 0 Å². The number of halogens is 2. The second-order valence-corrected chi connectivity index (χ2v) is 4.26. The van der Waals surface area contributed by atoms with E-state index in [1.165, 1.54) is 22.9 Å². The van der Waals surface area contributed by atoms with Crippen molar-refractivity contribution in [3.63, 3.8) is 0 Å². The molecule has 1 aromatic carbocycles. The smallest absolute Gasteiger partial charge is 0.173 e. The number of benzene rings is 1. The van der Waals surface area contributed by atoms with Crippen molar-refractivity contribution in [2.45, 2.75) is 19.9 Å². The molecule has 2 rings (SSSR count). The molecule has 1 aromatic heterocycles. The summed E-state index contributed by atoms with van der Waals surface area (Å²) in [5.74, 6) is 0.120. The Morgan fingerprint density at radius 2 is 2.28 bits per heavy atom. The van der Waals surface area contributed by atoms with Crippen molar-refractivity contribution in [1.82, 2.24) is 25.5 Å². The molecule has 0 bridgehead atoms. The Kier molecular flexibility index (Phi) is 3.88. The molecule has 1 heterocycles. The van der Waals surface area contributed by atoms with Crippen LogP contribution in [0.25, 0.3) is 5.69 Å². The Morgan fingerprint density at radius 3 is 3.00 bits per heavy atom. The minimum atomic E-state index is -0.420. The first-order chi connectivity index (χ1) is 8.63. The lowest BCUT2D eigenvalue weighted by Gasteiger charge is -2.12. The fraction of sp³-hybridized carbons (Fsp3) is 0.364. The van der Waals surface area contributed by atoms with Crippen molar-refractivity contribution >= 4 is 11.6 Å². The molecule has 0 radical (unpaired) electrons. The molecule has 0 saturated carbocycles. The second-order valence-electron chi connectivity index (χ2n) is 3.82. The normalized spacial score (nSPS) is 12.7. The Hall–Kier alpha value is -1.53. The number of aromatic nitrogens is 4. The van der Waals surface area contributed by atoms with E-state index < -0.39 is 5.82 Å². The summed E-state index contributed by atoms with van der Waals surface area (Å²) in [7, 11) is 0. The molecule has 7 heteroatoms. The van der Waals surface area contributed by atoms with Crippen LogP contribution in [-0.2, 0) is 0 Å². The van der Waals surface area contributed by atoms with Gasteiger partial charge in [0.05, 0.1) is 6.04 Å². The summed E-state index contributed by atoms with van der Waals surface area (Å²) in [5.41, 5.74) is 0.243. The molecule has 1 unspecified atom stereocenters. The molecule has 0 aliphatic rings. The molecule has 0 aliphatic heterocycles. The first-order valence-electron chi connectivity index (χ1n) is 5.60. The summed E-state index contributed by atoms with van der Waals surface area (Å²) >= 11 is 5.86. The van der Waals surface area contributed by atoms with Gasteiger partial charge in [-0.05, 0) is 42.1 Å². The number of hydrogen-bond acceptors (Lipinski definition) is 4. The highest BCUT2D eigenvalue weighted by Gasteiger charge is 2.17. The molecular weight excluding hydrogens is 257 g/mol. The zero-order valence-electron chi connectivity index (χ0n) is 10.1. The van der Waals surface area contributed by atoms with Crippen LogP contribution in [0, 0.1) is 5.82 Å². The van der Waals surface area contributed by atoms with E-state index in [4.69, 9.17) is 11.6 Å². The van der Waals surface area contributed by atoms with Gasteiger partial charge in [0.15, 0.2) is 5.82 Å². The van der Waals surface area contributed by atoms with Crippen LogP contribution in [0.4, 0.5) is 4.39 Å². The molecule has 0 fully saturated rings. The third-order valence-electron chi connectivity index (χ3n) is 2.53. The van der Waals surface area contributed by atoms with Crippen molar-refractivity contribution in [2.24, 2.45) is 0 Å². The van der Waals surface area contributed by atoms with Crippen molar-refractivity contribution in [2.75, 3.05) is 6.54 Å². The van der Waals surface area contributed by atoms with E-state index in [9.17, 15) is 4.39 Å². The Morgan fingerprint density at radius 1 is 1.50 bits per heavy atom. The average molecular weight is 270 g/mol. The van der Waals surface area contributed by atoms with Crippen LogP contribution in [0.15, 0.2) is 18.2 Å². The second kappa shape index (κ2) is 5.41. The molecule has 2 aromatic rings. The lowest BCUT2D eigenvalue weighted by molar-refractivity contribution is 0.540. The zero-order chi connectivity index (χ0) is 13.1. The van der Waals surface area contributed by atoms with Gasteiger partial charge in [-0.2, -0.15) is 4.68 Å². The Labute approximate surface area is 109 Å². The van der Waals surface area contributed by atoms with Crippen LogP contribution < -0.4 is 5.32 Å². The lowest BCUT2D eigenvalue weighted by Crippen LogP contribution is -2.22. The van der Waals surface area contributed by atoms with E-state index in [0.29, 0.717) is 10.8 Å². The van der Waals surface area contributed by atoms with Crippen LogP contribution in [0.3, 0.4) is 0 Å². The summed E-state index contributed by atoms with van der Waals surface area (Å²) in [6.45, 7) is 4.66. The predicted octanol–water partition coefficient (Wildman–Crippen LogP) is 2.13. The fourth-order valence-corrected chi connectivity index (χ4v) is 1.85. The highest BCUT2D eigenvalue weighted by molar-refractivity contribution is 6.30. The minimum Gasteiger partial charge on any atom is -0.308 e. The van der Waals surface area contributed by atoms with E-state index in [2.05, 4.69) is 20.8 Å². The van der Waals surface area contributed by atoms with Crippen molar-refractivity contribution in [3.05, 3.63) is 34.9 Å². The summed E-state index contributed by atoms with van der Waals surface area (Å²) in [6, 6.07) is 4.19. The molecular formula is C11H13ClFN5. The van der Waals surface area contributed by atoms with Gasteiger partial charge in [-0.3, -0.25) is 0 Å².